The van der Waals surface area contributed by atoms with E-state index in [1.807, 2.05) is 30.9 Å². The first-order chi connectivity index (χ1) is 7.79. The van der Waals surface area contributed by atoms with Gasteiger partial charge in [-0.05, 0) is 31.7 Å². The summed E-state index contributed by atoms with van der Waals surface area (Å²) in [4.78, 5) is 8.71. The van der Waals surface area contributed by atoms with Crippen LogP contribution in [0.4, 0.5) is 0 Å². The number of likely N-dealkylation sites (N-methyl/N-ethyl adjacent to an activating group) is 1. The summed E-state index contributed by atoms with van der Waals surface area (Å²) in [5, 5.41) is 6.44. The van der Waals surface area contributed by atoms with Crippen LogP contribution in [0, 0.1) is 6.92 Å². The van der Waals surface area contributed by atoms with E-state index in [1.165, 1.54) is 5.56 Å². The van der Waals surface area contributed by atoms with Gasteiger partial charge in [-0.2, -0.15) is 0 Å². The van der Waals surface area contributed by atoms with E-state index in [-0.39, 0.29) is 6.04 Å². The van der Waals surface area contributed by atoms with Crippen molar-refractivity contribution in [1.82, 2.24) is 15.3 Å². The maximum atomic E-state index is 4.41. The minimum absolute atomic E-state index is 0.242. The Bertz CT molecular complexity index is 439. The zero-order valence-corrected chi connectivity index (χ0v) is 10.3. The van der Waals surface area contributed by atoms with E-state index in [0.29, 0.717) is 0 Å². The fraction of sp³-hybridized carbons (Fsp3) is 0.333. The van der Waals surface area contributed by atoms with Crippen molar-refractivity contribution < 1.29 is 0 Å². The molecule has 0 fully saturated rings. The van der Waals surface area contributed by atoms with Gasteiger partial charge in [0.25, 0.3) is 0 Å². The predicted octanol–water partition coefficient (Wildman–Crippen LogP) is 2.35. The van der Waals surface area contributed by atoms with Gasteiger partial charge in [-0.25, -0.2) is 4.98 Å². The van der Waals surface area contributed by atoms with E-state index in [9.17, 15) is 0 Å². The highest BCUT2D eigenvalue weighted by atomic mass is 32.1. The molecule has 2 aromatic heterocycles. The van der Waals surface area contributed by atoms with Crippen LogP contribution in [-0.4, -0.2) is 17.0 Å². The van der Waals surface area contributed by atoms with Crippen LogP contribution in [0.25, 0.3) is 0 Å². The van der Waals surface area contributed by atoms with Gasteiger partial charge in [-0.15, -0.1) is 11.3 Å². The Hall–Kier alpha value is -1.26. The topological polar surface area (TPSA) is 37.8 Å². The van der Waals surface area contributed by atoms with Gasteiger partial charge in [-0.3, -0.25) is 4.98 Å². The minimum Gasteiger partial charge on any atom is -0.311 e. The number of aryl methyl sites for hydroxylation is 1. The highest BCUT2D eigenvalue weighted by molar-refractivity contribution is 7.09. The van der Waals surface area contributed by atoms with Crippen molar-refractivity contribution in [2.45, 2.75) is 19.4 Å². The highest BCUT2D eigenvalue weighted by Crippen LogP contribution is 2.18. The Morgan fingerprint density at radius 1 is 1.38 bits per heavy atom. The molecule has 0 bridgehead atoms. The third kappa shape index (κ3) is 2.65. The molecule has 0 saturated heterocycles. The first-order valence-electron chi connectivity index (χ1n) is 5.28. The van der Waals surface area contributed by atoms with Crippen molar-refractivity contribution in [3.63, 3.8) is 0 Å². The first kappa shape index (κ1) is 11.2. The maximum absolute atomic E-state index is 4.41. The van der Waals surface area contributed by atoms with E-state index in [4.69, 9.17) is 0 Å². The van der Waals surface area contributed by atoms with Crippen LogP contribution in [0.1, 0.15) is 22.3 Å². The minimum atomic E-state index is 0.242. The molecule has 1 N–H and O–H groups in total. The number of rotatable bonds is 4. The van der Waals surface area contributed by atoms with Gasteiger partial charge in [-0.1, -0.05) is 0 Å². The van der Waals surface area contributed by atoms with Crippen LogP contribution >= 0.6 is 11.3 Å². The summed E-state index contributed by atoms with van der Waals surface area (Å²) in [5.74, 6) is 0. The fourth-order valence-electron chi connectivity index (χ4n) is 1.63. The van der Waals surface area contributed by atoms with E-state index < -0.39 is 0 Å². The van der Waals surface area contributed by atoms with Crippen LogP contribution in [-0.2, 0) is 6.42 Å². The van der Waals surface area contributed by atoms with E-state index in [0.717, 1.165) is 17.1 Å². The molecule has 0 aliphatic rings. The molecule has 0 aromatic carbocycles. The van der Waals surface area contributed by atoms with E-state index >= 15 is 0 Å². The number of nitrogens with zero attached hydrogens (tertiary/aromatic N) is 2. The molecule has 0 saturated carbocycles. The number of thiazole rings is 1. The Balaban J connectivity index is 2.16. The molecule has 4 heteroatoms. The summed E-state index contributed by atoms with van der Waals surface area (Å²) in [7, 11) is 1.96. The summed E-state index contributed by atoms with van der Waals surface area (Å²) in [6.45, 7) is 2.08. The third-order valence-corrected chi connectivity index (χ3v) is 3.31. The van der Waals surface area contributed by atoms with Crippen LogP contribution in [0.5, 0.6) is 0 Å². The van der Waals surface area contributed by atoms with E-state index in [1.54, 1.807) is 11.3 Å². The number of hydrogen-bond acceptors (Lipinski definition) is 4. The van der Waals surface area contributed by atoms with E-state index in [2.05, 4.69) is 28.3 Å². The second-order valence-electron chi connectivity index (χ2n) is 3.73. The van der Waals surface area contributed by atoms with Crippen molar-refractivity contribution in [3.05, 3.63) is 46.2 Å². The zero-order valence-electron chi connectivity index (χ0n) is 9.47. The molecule has 1 atom stereocenters. The fourth-order valence-corrected chi connectivity index (χ4v) is 2.30. The Labute approximate surface area is 99.6 Å². The molecular weight excluding hydrogens is 218 g/mol. The van der Waals surface area contributed by atoms with Gasteiger partial charge >= 0.3 is 0 Å². The van der Waals surface area contributed by atoms with Crippen molar-refractivity contribution >= 4 is 11.3 Å². The molecule has 0 amide bonds. The number of hydrogen-bond donors (Lipinski definition) is 1. The lowest BCUT2D eigenvalue weighted by molar-refractivity contribution is 0.574. The summed E-state index contributed by atoms with van der Waals surface area (Å²) in [6, 6.07) is 4.38. The second-order valence-corrected chi connectivity index (χ2v) is 4.71. The lowest BCUT2D eigenvalue weighted by Crippen LogP contribution is -2.20. The maximum Gasteiger partial charge on any atom is 0.0944 e. The molecule has 2 aromatic rings. The number of aromatic nitrogens is 2. The van der Waals surface area contributed by atoms with Gasteiger partial charge in [0.05, 0.1) is 16.7 Å². The molecule has 84 valence electrons. The van der Waals surface area contributed by atoms with Crippen LogP contribution in [0.3, 0.4) is 0 Å². The molecule has 0 radical (unpaired) electrons. The normalized spacial score (nSPS) is 12.6. The summed E-state index contributed by atoms with van der Waals surface area (Å²) < 4.78 is 0. The summed E-state index contributed by atoms with van der Waals surface area (Å²) >= 11 is 1.69. The van der Waals surface area contributed by atoms with Crippen molar-refractivity contribution in [2.24, 2.45) is 0 Å². The molecule has 0 spiro atoms. The Morgan fingerprint density at radius 2 is 2.25 bits per heavy atom. The summed E-state index contributed by atoms with van der Waals surface area (Å²) in [6.07, 6.45) is 4.60. The number of pyridine rings is 1. The summed E-state index contributed by atoms with van der Waals surface area (Å²) in [5.41, 5.74) is 2.32. The van der Waals surface area contributed by atoms with Crippen molar-refractivity contribution in [1.29, 1.82) is 0 Å². The average Bonchev–Trinajstić information content (AvgIpc) is 2.78. The molecule has 2 heterocycles. The standard InChI is InChI=1S/C12H15N3S/c1-9-3-4-14-11(7-9)10(13-2)8-12-15-5-6-16-12/h3-7,10,13H,8H2,1-2H3. The molecule has 1 unspecified atom stereocenters. The molecule has 2 rings (SSSR count). The Morgan fingerprint density at radius 3 is 2.88 bits per heavy atom. The largest absolute Gasteiger partial charge is 0.311 e. The number of nitrogens with one attached hydrogen (secondary N) is 1. The van der Waals surface area contributed by atoms with Gasteiger partial charge in [0.1, 0.15) is 0 Å². The highest BCUT2D eigenvalue weighted by Gasteiger charge is 2.12. The Kier molecular flexibility index (Phi) is 3.64. The molecule has 16 heavy (non-hydrogen) atoms. The molecule has 3 nitrogen and oxygen atoms in total. The quantitative estimate of drug-likeness (QED) is 0.881. The van der Waals surface area contributed by atoms with Crippen LogP contribution in [0.2, 0.25) is 0 Å². The molecular formula is C12H15N3S. The second kappa shape index (κ2) is 5.18. The average molecular weight is 233 g/mol. The predicted molar refractivity (Wildman–Crippen MR) is 66.6 cm³/mol. The lowest BCUT2D eigenvalue weighted by atomic mass is 10.1. The van der Waals surface area contributed by atoms with Gasteiger partial charge in [0, 0.05) is 24.2 Å². The van der Waals surface area contributed by atoms with Gasteiger partial charge < -0.3 is 5.32 Å². The first-order valence-corrected chi connectivity index (χ1v) is 6.15. The zero-order chi connectivity index (χ0) is 11.4. The third-order valence-electron chi connectivity index (χ3n) is 2.50. The molecule has 0 aliphatic carbocycles. The lowest BCUT2D eigenvalue weighted by Gasteiger charge is -2.14. The van der Waals surface area contributed by atoms with Crippen molar-refractivity contribution in [2.75, 3.05) is 7.05 Å². The SMILES string of the molecule is CNC(Cc1nccs1)c1cc(C)ccn1. The van der Waals surface area contributed by atoms with Gasteiger partial charge in [0.15, 0.2) is 0 Å². The van der Waals surface area contributed by atoms with Gasteiger partial charge in [0.2, 0.25) is 0 Å². The smallest absolute Gasteiger partial charge is 0.0944 e. The monoisotopic (exact) mass is 233 g/mol. The van der Waals surface area contributed by atoms with Crippen LogP contribution in [0.15, 0.2) is 29.9 Å². The van der Waals surface area contributed by atoms with Crippen molar-refractivity contribution in [3.8, 4) is 0 Å². The van der Waals surface area contributed by atoms with Crippen LogP contribution < -0.4 is 5.32 Å². The molecule has 0 aliphatic heterocycles.